The molecular formula is C18H28ClNO. The number of aryl methyl sites for hydroxylation is 1. The highest BCUT2D eigenvalue weighted by Crippen LogP contribution is 2.48. The highest BCUT2D eigenvalue weighted by atomic mass is 35.5. The first-order valence-corrected chi connectivity index (χ1v) is 8.24. The Kier molecular flexibility index (Phi) is 4.72. The number of hydrogen-bond donors (Lipinski definition) is 1. The molecule has 21 heavy (non-hydrogen) atoms. The quantitative estimate of drug-likeness (QED) is 0.854. The second-order valence-corrected chi connectivity index (χ2v) is 7.67. The van der Waals surface area contributed by atoms with Crippen LogP contribution in [0, 0.1) is 12.8 Å². The Morgan fingerprint density at radius 2 is 2.00 bits per heavy atom. The van der Waals surface area contributed by atoms with Crippen LogP contribution in [-0.2, 0) is 4.74 Å². The van der Waals surface area contributed by atoms with Crippen LogP contribution in [0.2, 0.25) is 5.02 Å². The van der Waals surface area contributed by atoms with E-state index >= 15 is 0 Å². The predicted octanol–water partition coefficient (Wildman–Crippen LogP) is 4.89. The Balaban J connectivity index is 2.42. The van der Waals surface area contributed by atoms with E-state index in [9.17, 15) is 0 Å². The molecule has 1 heterocycles. The van der Waals surface area contributed by atoms with Crippen molar-refractivity contribution in [3.8, 4) is 0 Å². The summed E-state index contributed by atoms with van der Waals surface area (Å²) in [5, 5.41) is 4.52. The maximum Gasteiger partial charge on any atom is 0.0681 e. The van der Waals surface area contributed by atoms with Gasteiger partial charge in [-0.3, -0.25) is 0 Å². The summed E-state index contributed by atoms with van der Waals surface area (Å²) >= 11 is 6.59. The van der Waals surface area contributed by atoms with Crippen molar-refractivity contribution in [2.45, 2.75) is 65.2 Å². The molecule has 1 saturated heterocycles. The number of nitrogens with one attached hydrogen (secondary N) is 1. The molecule has 0 radical (unpaired) electrons. The molecule has 1 aromatic carbocycles. The Hall–Kier alpha value is -0.570. The van der Waals surface area contributed by atoms with Crippen molar-refractivity contribution in [3.05, 3.63) is 34.3 Å². The van der Waals surface area contributed by atoms with Crippen LogP contribution in [0.3, 0.4) is 0 Å². The largest absolute Gasteiger partial charge is 0.369 e. The zero-order valence-electron chi connectivity index (χ0n) is 14.1. The normalized spacial score (nSPS) is 25.0. The smallest absolute Gasteiger partial charge is 0.0681 e. The Morgan fingerprint density at radius 1 is 1.33 bits per heavy atom. The fourth-order valence-corrected chi connectivity index (χ4v) is 3.97. The maximum absolute atomic E-state index is 6.59. The second kappa shape index (κ2) is 5.91. The zero-order valence-corrected chi connectivity index (χ0v) is 14.8. The van der Waals surface area contributed by atoms with Gasteiger partial charge in [-0.1, -0.05) is 36.7 Å². The molecule has 0 spiro atoms. The van der Waals surface area contributed by atoms with Gasteiger partial charge in [0.1, 0.15) is 0 Å². The molecule has 0 aliphatic carbocycles. The third-order valence-electron chi connectivity index (χ3n) is 4.53. The van der Waals surface area contributed by atoms with E-state index in [1.54, 1.807) is 0 Å². The third kappa shape index (κ3) is 3.44. The lowest BCUT2D eigenvalue weighted by atomic mass is 9.78. The van der Waals surface area contributed by atoms with Gasteiger partial charge in [0.05, 0.1) is 11.2 Å². The predicted molar refractivity (Wildman–Crippen MR) is 90.0 cm³/mol. The first kappa shape index (κ1) is 16.8. The van der Waals surface area contributed by atoms with E-state index in [0.717, 1.165) is 23.6 Å². The fraction of sp³-hybridized carbons (Fsp3) is 0.667. The van der Waals surface area contributed by atoms with Gasteiger partial charge in [-0.2, -0.15) is 0 Å². The van der Waals surface area contributed by atoms with Crippen molar-refractivity contribution in [1.29, 1.82) is 0 Å². The van der Waals surface area contributed by atoms with E-state index in [-0.39, 0.29) is 17.2 Å². The van der Waals surface area contributed by atoms with Crippen molar-refractivity contribution < 1.29 is 4.74 Å². The Morgan fingerprint density at radius 3 is 2.52 bits per heavy atom. The third-order valence-corrected chi connectivity index (χ3v) is 5.04. The summed E-state index contributed by atoms with van der Waals surface area (Å²) in [5.74, 6) is 0.395. The van der Waals surface area contributed by atoms with Crippen molar-refractivity contribution >= 4 is 11.6 Å². The van der Waals surface area contributed by atoms with Crippen LogP contribution in [0.15, 0.2) is 18.2 Å². The molecule has 0 saturated carbocycles. The van der Waals surface area contributed by atoms with Crippen molar-refractivity contribution in [2.75, 3.05) is 6.54 Å². The molecule has 1 N–H and O–H groups in total. The Labute approximate surface area is 134 Å². The van der Waals surface area contributed by atoms with E-state index in [4.69, 9.17) is 16.3 Å². The van der Waals surface area contributed by atoms with Gasteiger partial charge in [-0.05, 0) is 58.7 Å². The summed E-state index contributed by atoms with van der Waals surface area (Å²) in [7, 11) is 0. The molecule has 1 fully saturated rings. The lowest BCUT2D eigenvalue weighted by Gasteiger charge is -2.34. The van der Waals surface area contributed by atoms with E-state index < -0.39 is 0 Å². The van der Waals surface area contributed by atoms with E-state index in [1.165, 1.54) is 5.56 Å². The summed E-state index contributed by atoms with van der Waals surface area (Å²) in [6.07, 6.45) is 1.03. The van der Waals surface area contributed by atoms with E-state index in [2.05, 4.69) is 65.1 Å². The standard InChI is InChI=1S/C18H28ClNO/c1-7-20-16(13-10-8-9-12(2)15(13)19)14-11-17(3,4)21-18(14,5)6/h8-10,14,16,20H,7,11H2,1-6H3. The average Bonchev–Trinajstić information content (AvgIpc) is 2.58. The number of halogens is 1. The summed E-state index contributed by atoms with van der Waals surface area (Å²) in [4.78, 5) is 0. The molecule has 1 aliphatic rings. The summed E-state index contributed by atoms with van der Waals surface area (Å²) < 4.78 is 6.28. The highest BCUT2D eigenvalue weighted by Gasteiger charge is 2.49. The molecule has 2 atom stereocenters. The molecule has 2 unspecified atom stereocenters. The van der Waals surface area contributed by atoms with Crippen LogP contribution in [0.1, 0.15) is 58.2 Å². The minimum Gasteiger partial charge on any atom is -0.369 e. The average molecular weight is 310 g/mol. The van der Waals surface area contributed by atoms with Crippen LogP contribution in [0.4, 0.5) is 0 Å². The van der Waals surface area contributed by atoms with Gasteiger partial charge >= 0.3 is 0 Å². The van der Waals surface area contributed by atoms with E-state index in [0.29, 0.717) is 5.92 Å². The van der Waals surface area contributed by atoms with Crippen LogP contribution >= 0.6 is 11.6 Å². The zero-order chi connectivity index (χ0) is 15.8. The molecule has 118 valence electrons. The van der Waals surface area contributed by atoms with Gasteiger partial charge in [0.15, 0.2) is 0 Å². The van der Waals surface area contributed by atoms with Gasteiger partial charge in [0.25, 0.3) is 0 Å². The topological polar surface area (TPSA) is 21.3 Å². The monoisotopic (exact) mass is 309 g/mol. The molecule has 0 aromatic heterocycles. The molecule has 2 rings (SSSR count). The number of ether oxygens (including phenoxy) is 1. The maximum atomic E-state index is 6.59. The second-order valence-electron chi connectivity index (χ2n) is 7.29. The minimum atomic E-state index is -0.163. The lowest BCUT2D eigenvalue weighted by molar-refractivity contribution is -0.0778. The van der Waals surface area contributed by atoms with Crippen molar-refractivity contribution in [1.82, 2.24) is 5.32 Å². The Bertz CT molecular complexity index is 510. The lowest BCUT2D eigenvalue weighted by Crippen LogP contribution is -2.38. The van der Waals surface area contributed by atoms with Crippen LogP contribution < -0.4 is 5.32 Å². The van der Waals surface area contributed by atoms with Crippen molar-refractivity contribution in [3.63, 3.8) is 0 Å². The molecule has 1 aromatic rings. The van der Waals surface area contributed by atoms with Gasteiger partial charge in [0, 0.05) is 17.0 Å². The minimum absolute atomic E-state index is 0.0852. The number of rotatable bonds is 4. The molecule has 0 bridgehead atoms. The fourth-order valence-electron chi connectivity index (χ4n) is 3.72. The van der Waals surface area contributed by atoms with Crippen LogP contribution in [0.25, 0.3) is 0 Å². The summed E-state index contributed by atoms with van der Waals surface area (Å²) in [5.41, 5.74) is 2.08. The van der Waals surface area contributed by atoms with Crippen molar-refractivity contribution in [2.24, 2.45) is 5.92 Å². The summed E-state index contributed by atoms with van der Waals surface area (Å²) in [6, 6.07) is 6.52. The molecular weight excluding hydrogens is 282 g/mol. The molecule has 0 amide bonds. The van der Waals surface area contributed by atoms with Crippen LogP contribution in [-0.4, -0.2) is 17.7 Å². The van der Waals surface area contributed by atoms with Gasteiger partial charge in [-0.15, -0.1) is 0 Å². The van der Waals surface area contributed by atoms with Gasteiger partial charge in [-0.25, -0.2) is 0 Å². The summed E-state index contributed by atoms with van der Waals surface area (Å²) in [6.45, 7) is 13.9. The number of benzene rings is 1. The first-order valence-electron chi connectivity index (χ1n) is 7.86. The van der Waals surface area contributed by atoms with E-state index in [1.807, 2.05) is 0 Å². The molecule has 3 heteroatoms. The highest BCUT2D eigenvalue weighted by molar-refractivity contribution is 6.32. The van der Waals surface area contributed by atoms with Gasteiger partial charge < -0.3 is 10.1 Å². The first-order chi connectivity index (χ1) is 9.68. The SMILES string of the molecule is CCNC(c1cccc(C)c1Cl)C1CC(C)(C)OC1(C)C. The number of hydrogen-bond acceptors (Lipinski definition) is 2. The van der Waals surface area contributed by atoms with Crippen LogP contribution in [0.5, 0.6) is 0 Å². The molecule has 1 aliphatic heterocycles. The molecule has 2 nitrogen and oxygen atoms in total. The van der Waals surface area contributed by atoms with Gasteiger partial charge in [0.2, 0.25) is 0 Å².